The molecule has 1 aromatic rings. The molecule has 2 N–H and O–H groups in total. The van der Waals surface area contributed by atoms with Gasteiger partial charge >= 0.3 is 0 Å². The Kier molecular flexibility index (Phi) is 6.16. The van der Waals surface area contributed by atoms with E-state index in [1.54, 1.807) is 19.1 Å². The molecule has 1 amide bonds. The summed E-state index contributed by atoms with van der Waals surface area (Å²) in [7, 11) is -3.44. The summed E-state index contributed by atoms with van der Waals surface area (Å²) in [6.45, 7) is 6.01. The van der Waals surface area contributed by atoms with E-state index >= 15 is 0 Å². The molecular weight excluding hydrogens is 276 g/mol. The topological polar surface area (TPSA) is 75.3 Å². The van der Waals surface area contributed by atoms with E-state index < -0.39 is 10.0 Å². The lowest BCUT2D eigenvalue weighted by Crippen LogP contribution is -2.23. The van der Waals surface area contributed by atoms with Crippen LogP contribution in [0.15, 0.2) is 29.2 Å². The Morgan fingerprint density at radius 1 is 1.10 bits per heavy atom. The van der Waals surface area contributed by atoms with Gasteiger partial charge in [0.2, 0.25) is 15.9 Å². The van der Waals surface area contributed by atoms with Crippen molar-refractivity contribution < 1.29 is 13.2 Å². The Balaban J connectivity index is 2.80. The Hall–Kier alpha value is -1.40. The van der Waals surface area contributed by atoms with E-state index in [9.17, 15) is 13.2 Å². The van der Waals surface area contributed by atoms with Crippen LogP contribution >= 0.6 is 0 Å². The third kappa shape index (κ3) is 4.31. The van der Waals surface area contributed by atoms with Gasteiger partial charge < -0.3 is 5.32 Å². The van der Waals surface area contributed by atoms with Gasteiger partial charge in [-0.3, -0.25) is 4.79 Å². The minimum atomic E-state index is -3.44. The highest BCUT2D eigenvalue weighted by Gasteiger charge is 2.15. The number of anilines is 1. The van der Waals surface area contributed by atoms with Gasteiger partial charge in [-0.25, -0.2) is 13.1 Å². The van der Waals surface area contributed by atoms with Crippen LogP contribution in [-0.4, -0.2) is 20.9 Å². The third-order valence-corrected chi connectivity index (χ3v) is 4.68. The predicted octanol–water partition coefficient (Wildman–Crippen LogP) is 2.36. The van der Waals surface area contributed by atoms with Crippen LogP contribution in [0.2, 0.25) is 0 Å². The first-order valence-corrected chi connectivity index (χ1v) is 8.33. The SMILES string of the molecule is CCNS(=O)(=O)c1ccc(NC(=O)C(CC)CC)cc1. The smallest absolute Gasteiger partial charge is 0.240 e. The molecule has 0 fully saturated rings. The number of nitrogens with one attached hydrogen (secondary N) is 2. The lowest BCUT2D eigenvalue weighted by Gasteiger charge is -2.13. The van der Waals surface area contributed by atoms with Crippen LogP contribution in [0, 0.1) is 5.92 Å². The first kappa shape index (κ1) is 16.7. The standard InChI is InChI=1S/C14H22N2O3S/c1-4-11(5-2)14(17)16-12-7-9-13(10-8-12)20(18,19)15-6-3/h7-11,15H,4-6H2,1-3H3,(H,16,17). The minimum Gasteiger partial charge on any atom is -0.326 e. The molecular formula is C14H22N2O3S. The average Bonchev–Trinajstić information content (AvgIpc) is 2.40. The fourth-order valence-electron chi connectivity index (χ4n) is 1.89. The summed E-state index contributed by atoms with van der Waals surface area (Å²) >= 11 is 0. The van der Waals surface area contributed by atoms with Crippen molar-refractivity contribution in [3.63, 3.8) is 0 Å². The van der Waals surface area contributed by atoms with Gasteiger partial charge in [0.15, 0.2) is 0 Å². The van der Waals surface area contributed by atoms with E-state index in [2.05, 4.69) is 10.0 Å². The monoisotopic (exact) mass is 298 g/mol. The van der Waals surface area contributed by atoms with E-state index in [1.807, 2.05) is 13.8 Å². The van der Waals surface area contributed by atoms with Gasteiger partial charge in [0.05, 0.1) is 4.90 Å². The van der Waals surface area contributed by atoms with Crippen LogP contribution in [0.1, 0.15) is 33.6 Å². The highest BCUT2D eigenvalue weighted by Crippen LogP contribution is 2.16. The van der Waals surface area contributed by atoms with Gasteiger partial charge in [-0.15, -0.1) is 0 Å². The zero-order chi connectivity index (χ0) is 15.2. The Labute approximate surface area is 120 Å². The van der Waals surface area contributed by atoms with Crippen molar-refractivity contribution >= 4 is 21.6 Å². The molecule has 0 saturated heterocycles. The molecule has 0 aromatic heterocycles. The maximum absolute atomic E-state index is 11.9. The van der Waals surface area contributed by atoms with Gasteiger partial charge in [-0.1, -0.05) is 20.8 Å². The quantitative estimate of drug-likeness (QED) is 0.811. The number of sulfonamides is 1. The molecule has 0 atom stereocenters. The first-order valence-electron chi connectivity index (χ1n) is 6.85. The Bertz CT molecular complexity index is 534. The van der Waals surface area contributed by atoms with Crippen molar-refractivity contribution in [3.05, 3.63) is 24.3 Å². The summed E-state index contributed by atoms with van der Waals surface area (Å²) in [5.41, 5.74) is 0.609. The third-order valence-electron chi connectivity index (χ3n) is 3.12. The largest absolute Gasteiger partial charge is 0.326 e. The number of hydrogen-bond donors (Lipinski definition) is 2. The van der Waals surface area contributed by atoms with Crippen molar-refractivity contribution in [2.45, 2.75) is 38.5 Å². The number of carbonyl (C=O) groups excluding carboxylic acids is 1. The van der Waals surface area contributed by atoms with Crippen molar-refractivity contribution in [1.82, 2.24) is 4.72 Å². The fraction of sp³-hybridized carbons (Fsp3) is 0.500. The molecule has 6 heteroatoms. The molecule has 0 aliphatic heterocycles. The zero-order valence-electron chi connectivity index (χ0n) is 12.1. The Morgan fingerprint density at radius 3 is 2.10 bits per heavy atom. The molecule has 1 rings (SSSR count). The average molecular weight is 298 g/mol. The van der Waals surface area contributed by atoms with Crippen molar-refractivity contribution in [1.29, 1.82) is 0 Å². The van der Waals surface area contributed by atoms with E-state index in [0.29, 0.717) is 12.2 Å². The second-order valence-corrected chi connectivity index (χ2v) is 6.30. The molecule has 0 bridgehead atoms. The van der Waals surface area contributed by atoms with E-state index in [4.69, 9.17) is 0 Å². The molecule has 5 nitrogen and oxygen atoms in total. The summed E-state index contributed by atoms with van der Waals surface area (Å²) in [4.78, 5) is 12.1. The van der Waals surface area contributed by atoms with Crippen LogP contribution in [0.3, 0.4) is 0 Å². The van der Waals surface area contributed by atoms with Crippen LogP contribution in [-0.2, 0) is 14.8 Å². The number of amides is 1. The number of carbonyl (C=O) groups is 1. The van der Waals surface area contributed by atoms with Crippen LogP contribution in [0.25, 0.3) is 0 Å². The van der Waals surface area contributed by atoms with Gasteiger partial charge in [-0.05, 0) is 37.1 Å². The summed E-state index contributed by atoms with van der Waals surface area (Å²) in [5, 5.41) is 2.80. The summed E-state index contributed by atoms with van der Waals surface area (Å²) in [6, 6.07) is 6.18. The summed E-state index contributed by atoms with van der Waals surface area (Å²) in [6.07, 6.45) is 1.57. The van der Waals surface area contributed by atoms with E-state index in [1.165, 1.54) is 12.1 Å². The van der Waals surface area contributed by atoms with Crippen molar-refractivity contribution in [3.8, 4) is 0 Å². The van der Waals surface area contributed by atoms with Gasteiger partial charge in [0.25, 0.3) is 0 Å². The molecule has 0 radical (unpaired) electrons. The molecule has 112 valence electrons. The van der Waals surface area contributed by atoms with E-state index in [0.717, 1.165) is 12.8 Å². The second kappa shape index (κ2) is 7.40. The maximum atomic E-state index is 11.9. The van der Waals surface area contributed by atoms with Crippen molar-refractivity contribution in [2.24, 2.45) is 5.92 Å². The lowest BCUT2D eigenvalue weighted by atomic mass is 10.0. The highest BCUT2D eigenvalue weighted by atomic mass is 32.2. The zero-order valence-corrected chi connectivity index (χ0v) is 13.0. The van der Waals surface area contributed by atoms with Crippen molar-refractivity contribution in [2.75, 3.05) is 11.9 Å². The molecule has 0 aliphatic carbocycles. The van der Waals surface area contributed by atoms with Crippen LogP contribution < -0.4 is 10.0 Å². The number of benzene rings is 1. The summed E-state index contributed by atoms with van der Waals surface area (Å²) < 4.78 is 26.0. The first-order chi connectivity index (χ1) is 9.44. The van der Waals surface area contributed by atoms with Crippen LogP contribution in [0.4, 0.5) is 5.69 Å². The summed E-state index contributed by atoms with van der Waals surface area (Å²) in [5.74, 6) is -0.0440. The predicted molar refractivity (Wildman–Crippen MR) is 80.0 cm³/mol. The second-order valence-electron chi connectivity index (χ2n) is 4.53. The molecule has 0 saturated carbocycles. The number of rotatable bonds is 7. The molecule has 0 spiro atoms. The van der Waals surface area contributed by atoms with E-state index in [-0.39, 0.29) is 16.7 Å². The Morgan fingerprint density at radius 2 is 1.65 bits per heavy atom. The van der Waals surface area contributed by atoms with Gasteiger partial charge in [0, 0.05) is 18.2 Å². The molecule has 0 heterocycles. The molecule has 0 unspecified atom stereocenters. The van der Waals surface area contributed by atoms with Gasteiger partial charge in [0.1, 0.15) is 0 Å². The molecule has 20 heavy (non-hydrogen) atoms. The lowest BCUT2D eigenvalue weighted by molar-refractivity contribution is -0.120. The molecule has 0 aliphatic rings. The molecule has 1 aromatic carbocycles. The fourth-order valence-corrected chi connectivity index (χ4v) is 2.94. The maximum Gasteiger partial charge on any atom is 0.240 e. The minimum absolute atomic E-state index is 0.0137. The normalized spacial score (nSPS) is 11.6. The highest BCUT2D eigenvalue weighted by molar-refractivity contribution is 7.89. The number of hydrogen-bond acceptors (Lipinski definition) is 3. The van der Waals surface area contributed by atoms with Crippen LogP contribution in [0.5, 0.6) is 0 Å². The van der Waals surface area contributed by atoms with Gasteiger partial charge in [-0.2, -0.15) is 0 Å².